The largest absolute Gasteiger partial charge is 0.344 e. The first-order valence-corrected chi connectivity index (χ1v) is 3.91. The Bertz CT molecular complexity index is 174. The predicted molar refractivity (Wildman–Crippen MR) is 44.3 cm³/mol. The smallest absolute Gasteiger partial charge is 0.164 e. The molecule has 0 bridgehead atoms. The third-order valence-electron chi connectivity index (χ3n) is 2.14. The first-order chi connectivity index (χ1) is 4.90. The van der Waals surface area contributed by atoms with Gasteiger partial charge in [-0.2, -0.15) is 0 Å². The molecule has 2 atom stereocenters. The van der Waals surface area contributed by atoms with Gasteiger partial charge in [0.15, 0.2) is 5.79 Å². The van der Waals surface area contributed by atoms with Gasteiger partial charge < -0.3 is 9.47 Å². The minimum Gasteiger partial charge on any atom is -0.344 e. The van der Waals surface area contributed by atoms with Gasteiger partial charge in [0, 0.05) is 0 Å². The van der Waals surface area contributed by atoms with Crippen molar-refractivity contribution in [3.05, 3.63) is 12.7 Å². The van der Waals surface area contributed by atoms with E-state index in [1.54, 1.807) is 6.08 Å². The summed E-state index contributed by atoms with van der Waals surface area (Å²) in [6.45, 7) is 11.5. The molecule has 2 heteroatoms. The lowest BCUT2D eigenvalue weighted by Gasteiger charge is -2.22. The summed E-state index contributed by atoms with van der Waals surface area (Å²) in [6, 6.07) is 0. The zero-order valence-corrected chi connectivity index (χ0v) is 7.68. The molecule has 0 spiro atoms. The normalized spacial score (nSPS) is 42.4. The summed E-state index contributed by atoms with van der Waals surface area (Å²) < 4.78 is 11.2. The van der Waals surface area contributed by atoms with Crippen LogP contribution in [0.2, 0.25) is 0 Å². The van der Waals surface area contributed by atoms with Gasteiger partial charge in [0.2, 0.25) is 0 Å². The Morgan fingerprint density at radius 3 is 2.09 bits per heavy atom. The Morgan fingerprint density at radius 2 is 1.91 bits per heavy atom. The van der Waals surface area contributed by atoms with Gasteiger partial charge in [-0.05, 0) is 27.7 Å². The molecule has 0 amide bonds. The van der Waals surface area contributed by atoms with Crippen molar-refractivity contribution in [2.45, 2.75) is 45.2 Å². The third-order valence-corrected chi connectivity index (χ3v) is 2.14. The van der Waals surface area contributed by atoms with E-state index in [4.69, 9.17) is 9.47 Å². The van der Waals surface area contributed by atoms with Crippen molar-refractivity contribution in [2.24, 2.45) is 0 Å². The Morgan fingerprint density at radius 1 is 1.36 bits per heavy atom. The van der Waals surface area contributed by atoms with Crippen LogP contribution < -0.4 is 0 Å². The van der Waals surface area contributed by atoms with Crippen LogP contribution in [0.3, 0.4) is 0 Å². The van der Waals surface area contributed by atoms with E-state index < -0.39 is 5.79 Å². The first-order valence-electron chi connectivity index (χ1n) is 3.91. The maximum absolute atomic E-state index is 5.66. The molecule has 1 aliphatic rings. The second-order valence-corrected chi connectivity index (χ2v) is 3.65. The molecule has 1 aliphatic heterocycles. The third kappa shape index (κ3) is 1.47. The molecule has 2 nitrogen and oxygen atoms in total. The lowest BCUT2D eigenvalue weighted by atomic mass is 10.0. The Labute approximate surface area is 68.2 Å². The van der Waals surface area contributed by atoms with Crippen molar-refractivity contribution in [3.63, 3.8) is 0 Å². The van der Waals surface area contributed by atoms with Crippen molar-refractivity contribution >= 4 is 0 Å². The molecule has 1 fully saturated rings. The zero-order valence-electron chi connectivity index (χ0n) is 7.68. The van der Waals surface area contributed by atoms with Gasteiger partial charge in [-0.1, -0.05) is 6.08 Å². The van der Waals surface area contributed by atoms with Crippen LogP contribution in [0.4, 0.5) is 0 Å². The maximum atomic E-state index is 5.66. The van der Waals surface area contributed by atoms with Crippen molar-refractivity contribution < 1.29 is 9.47 Å². The molecule has 0 aliphatic carbocycles. The molecule has 0 unspecified atom stereocenters. The van der Waals surface area contributed by atoms with Crippen LogP contribution in [0.1, 0.15) is 27.7 Å². The number of hydrogen-bond acceptors (Lipinski definition) is 2. The van der Waals surface area contributed by atoms with E-state index in [1.165, 1.54) is 0 Å². The van der Waals surface area contributed by atoms with Gasteiger partial charge in [-0.3, -0.25) is 0 Å². The lowest BCUT2D eigenvalue weighted by molar-refractivity contribution is -0.152. The lowest BCUT2D eigenvalue weighted by Crippen LogP contribution is -2.32. The van der Waals surface area contributed by atoms with Crippen LogP contribution in [-0.2, 0) is 9.47 Å². The van der Waals surface area contributed by atoms with E-state index in [2.05, 4.69) is 6.58 Å². The van der Waals surface area contributed by atoms with E-state index in [0.29, 0.717) is 0 Å². The summed E-state index contributed by atoms with van der Waals surface area (Å²) in [5, 5.41) is 0. The molecule has 64 valence electrons. The van der Waals surface area contributed by atoms with Crippen molar-refractivity contribution in [1.29, 1.82) is 0 Å². The molecule has 0 N–H and O–H groups in total. The monoisotopic (exact) mass is 156 g/mol. The summed E-state index contributed by atoms with van der Waals surface area (Å²) in [5.41, 5.74) is -0.330. The Hall–Kier alpha value is -0.340. The van der Waals surface area contributed by atoms with Gasteiger partial charge in [0.05, 0.1) is 6.10 Å². The number of ether oxygens (including phenoxy) is 2. The SMILES string of the molecule is C=C[C@]1(C)OC(C)(C)O[C@H]1C. The fraction of sp³-hybridized carbons (Fsp3) is 0.778. The number of rotatable bonds is 1. The highest BCUT2D eigenvalue weighted by atomic mass is 16.8. The number of hydrogen-bond donors (Lipinski definition) is 0. The minimum atomic E-state index is -0.470. The average molecular weight is 156 g/mol. The second kappa shape index (κ2) is 2.32. The van der Waals surface area contributed by atoms with E-state index in [0.717, 1.165) is 0 Å². The summed E-state index contributed by atoms with van der Waals surface area (Å²) in [6.07, 6.45) is 1.88. The molecule has 1 rings (SSSR count). The topological polar surface area (TPSA) is 18.5 Å². The van der Waals surface area contributed by atoms with Gasteiger partial charge in [-0.15, -0.1) is 6.58 Å². The summed E-state index contributed by atoms with van der Waals surface area (Å²) in [5.74, 6) is -0.470. The molecule has 0 saturated carbocycles. The molecule has 0 radical (unpaired) electrons. The van der Waals surface area contributed by atoms with Crippen LogP contribution in [0, 0.1) is 0 Å². The zero-order chi connectivity index (χ0) is 8.70. The van der Waals surface area contributed by atoms with Crippen LogP contribution in [0.5, 0.6) is 0 Å². The molecule has 0 aromatic carbocycles. The first kappa shape index (κ1) is 8.75. The Kier molecular flexibility index (Phi) is 1.85. The second-order valence-electron chi connectivity index (χ2n) is 3.65. The molecule has 1 saturated heterocycles. The van der Waals surface area contributed by atoms with Crippen LogP contribution in [0.15, 0.2) is 12.7 Å². The van der Waals surface area contributed by atoms with Gasteiger partial charge >= 0.3 is 0 Å². The highest BCUT2D eigenvalue weighted by Gasteiger charge is 2.45. The Balaban J connectivity index is 2.81. The minimum absolute atomic E-state index is 0.0787. The molecular weight excluding hydrogens is 140 g/mol. The van der Waals surface area contributed by atoms with Gasteiger partial charge in [0.1, 0.15) is 5.60 Å². The fourth-order valence-electron chi connectivity index (χ4n) is 1.39. The molecule has 0 aromatic heterocycles. The van der Waals surface area contributed by atoms with E-state index in [9.17, 15) is 0 Å². The van der Waals surface area contributed by atoms with Crippen molar-refractivity contribution in [3.8, 4) is 0 Å². The molecule has 1 heterocycles. The molecule has 0 aromatic rings. The standard InChI is InChI=1S/C9H16O2/c1-6-9(5)7(2)10-8(3,4)11-9/h6-7H,1H2,2-5H3/t7-,9-/m0/s1. The van der Waals surface area contributed by atoms with Crippen LogP contribution in [-0.4, -0.2) is 17.5 Å². The summed E-state index contributed by atoms with van der Waals surface area (Å²) >= 11 is 0. The van der Waals surface area contributed by atoms with Crippen molar-refractivity contribution in [1.82, 2.24) is 0 Å². The quantitative estimate of drug-likeness (QED) is 0.541. The van der Waals surface area contributed by atoms with E-state index in [1.807, 2.05) is 27.7 Å². The van der Waals surface area contributed by atoms with Crippen molar-refractivity contribution in [2.75, 3.05) is 0 Å². The molecule has 11 heavy (non-hydrogen) atoms. The average Bonchev–Trinajstić information content (AvgIpc) is 2.03. The fourth-order valence-corrected chi connectivity index (χ4v) is 1.39. The van der Waals surface area contributed by atoms with E-state index >= 15 is 0 Å². The highest BCUT2D eigenvalue weighted by molar-refractivity contribution is 5.03. The van der Waals surface area contributed by atoms with Crippen LogP contribution in [0.25, 0.3) is 0 Å². The van der Waals surface area contributed by atoms with E-state index in [-0.39, 0.29) is 11.7 Å². The van der Waals surface area contributed by atoms with Crippen LogP contribution >= 0.6 is 0 Å². The summed E-state index contributed by atoms with van der Waals surface area (Å²) in [7, 11) is 0. The maximum Gasteiger partial charge on any atom is 0.164 e. The predicted octanol–water partition coefficient (Wildman–Crippen LogP) is 2.10. The van der Waals surface area contributed by atoms with Gasteiger partial charge in [-0.25, -0.2) is 0 Å². The summed E-state index contributed by atoms with van der Waals surface area (Å²) in [4.78, 5) is 0. The molecular formula is C9H16O2. The highest BCUT2D eigenvalue weighted by Crippen LogP contribution is 2.36. The van der Waals surface area contributed by atoms with Gasteiger partial charge in [0.25, 0.3) is 0 Å².